The van der Waals surface area contributed by atoms with Crippen molar-refractivity contribution in [3.8, 4) is 11.5 Å². The van der Waals surface area contributed by atoms with Crippen molar-refractivity contribution in [2.24, 2.45) is 10.8 Å². The molecule has 4 rings (SSSR count). The third kappa shape index (κ3) is 8.74. The zero-order valence-corrected chi connectivity index (χ0v) is 29.7. The van der Waals surface area contributed by atoms with Crippen molar-refractivity contribution in [1.82, 2.24) is 0 Å². The van der Waals surface area contributed by atoms with E-state index in [2.05, 4.69) is 13.8 Å². The van der Waals surface area contributed by atoms with Crippen molar-refractivity contribution >= 4 is 93.5 Å². The molecule has 0 spiro atoms. The predicted octanol–water partition coefficient (Wildman–Crippen LogP) is 10.4. The SMILES string of the molecule is CC1(CCOC(=O)c2c(Cl)c(Cl)cc(Cl)c2OC(=O)C(=O)Oc2c(Cl)cc(Cl)c(Cl)c2C(=O)OCCC2(C)CCCC2)CCCC1. The first-order chi connectivity index (χ1) is 21.6. The van der Waals surface area contributed by atoms with Crippen LogP contribution in [0.2, 0.25) is 30.1 Å². The molecule has 2 fully saturated rings. The van der Waals surface area contributed by atoms with Crippen LogP contribution in [0.5, 0.6) is 11.5 Å². The minimum Gasteiger partial charge on any atom is -0.462 e. The molecular weight excluding hydrogens is 725 g/mol. The Morgan fingerprint density at radius 1 is 0.587 bits per heavy atom. The number of carbonyl (C=O) groups excluding carboxylic acids is 4. The molecular formula is C32H32Cl6O8. The average molecular weight is 757 g/mol. The third-order valence-corrected chi connectivity index (χ3v) is 10.9. The van der Waals surface area contributed by atoms with Crippen molar-refractivity contribution in [3.63, 3.8) is 0 Å². The standard InChI is InChI=1S/C32H32Cl6O8/c1-31(7-3-4-8-31)11-13-43-27(39)21-23(37)17(33)15-19(35)25(21)45-29(41)30(42)46-26-20(36)16-18(34)24(38)22(26)28(40)44-14-12-32(2)9-5-6-10-32/h15-16H,3-14H2,1-2H3. The molecule has 0 heterocycles. The Kier molecular flexibility index (Phi) is 12.4. The van der Waals surface area contributed by atoms with Gasteiger partial charge in [0.1, 0.15) is 11.1 Å². The Morgan fingerprint density at radius 3 is 1.24 bits per heavy atom. The predicted molar refractivity (Wildman–Crippen MR) is 177 cm³/mol. The number of rotatable bonds is 10. The van der Waals surface area contributed by atoms with Gasteiger partial charge in [-0.1, -0.05) is 109 Å². The molecule has 0 aromatic heterocycles. The monoisotopic (exact) mass is 754 g/mol. The summed E-state index contributed by atoms with van der Waals surface area (Å²) in [6.07, 6.45) is 9.70. The molecule has 2 aromatic rings. The number of halogens is 6. The summed E-state index contributed by atoms with van der Waals surface area (Å²) < 4.78 is 21.2. The van der Waals surface area contributed by atoms with Crippen LogP contribution in [-0.4, -0.2) is 37.1 Å². The lowest BCUT2D eigenvalue weighted by molar-refractivity contribution is -0.156. The lowest BCUT2D eigenvalue weighted by Crippen LogP contribution is -2.27. The Morgan fingerprint density at radius 2 is 0.913 bits per heavy atom. The summed E-state index contributed by atoms with van der Waals surface area (Å²) in [6.45, 7) is 4.38. The van der Waals surface area contributed by atoms with Crippen LogP contribution in [0.3, 0.4) is 0 Å². The lowest BCUT2D eigenvalue weighted by atomic mass is 9.86. The highest BCUT2D eigenvalue weighted by atomic mass is 35.5. The number of esters is 4. The maximum Gasteiger partial charge on any atom is 0.423 e. The third-order valence-electron chi connectivity index (χ3n) is 8.72. The highest BCUT2D eigenvalue weighted by Crippen LogP contribution is 2.44. The van der Waals surface area contributed by atoms with E-state index in [0.29, 0.717) is 12.8 Å². The van der Waals surface area contributed by atoms with Crippen molar-refractivity contribution in [3.05, 3.63) is 53.4 Å². The van der Waals surface area contributed by atoms with E-state index in [4.69, 9.17) is 88.6 Å². The Hall–Kier alpha value is -1.94. The molecule has 0 atom stereocenters. The molecule has 0 unspecified atom stereocenters. The lowest BCUT2D eigenvalue weighted by Gasteiger charge is -2.23. The van der Waals surface area contributed by atoms with Crippen molar-refractivity contribution in [2.45, 2.75) is 78.1 Å². The fraction of sp³-hybridized carbons (Fsp3) is 0.500. The van der Waals surface area contributed by atoms with Crippen LogP contribution in [0.25, 0.3) is 0 Å². The second kappa shape index (κ2) is 15.5. The van der Waals surface area contributed by atoms with Crippen molar-refractivity contribution in [2.75, 3.05) is 13.2 Å². The molecule has 0 N–H and O–H groups in total. The van der Waals surface area contributed by atoms with E-state index in [9.17, 15) is 19.2 Å². The summed E-state index contributed by atoms with van der Waals surface area (Å²) in [4.78, 5) is 52.1. The Labute approximate surface area is 297 Å². The molecule has 2 aromatic carbocycles. The van der Waals surface area contributed by atoms with Gasteiger partial charge in [0.25, 0.3) is 0 Å². The van der Waals surface area contributed by atoms with Crippen LogP contribution in [0.1, 0.15) is 98.8 Å². The van der Waals surface area contributed by atoms with Crippen LogP contribution >= 0.6 is 69.6 Å². The summed E-state index contributed by atoms with van der Waals surface area (Å²) in [5.41, 5.74) is -0.824. The van der Waals surface area contributed by atoms with Gasteiger partial charge in [-0.25, -0.2) is 19.2 Å². The molecule has 46 heavy (non-hydrogen) atoms. The van der Waals surface area contributed by atoms with Gasteiger partial charge >= 0.3 is 23.9 Å². The number of hydrogen-bond donors (Lipinski definition) is 0. The first kappa shape index (κ1) is 36.9. The van der Waals surface area contributed by atoms with E-state index in [1.807, 2.05) is 0 Å². The van der Waals surface area contributed by atoms with Crippen LogP contribution < -0.4 is 9.47 Å². The number of hydrogen-bond acceptors (Lipinski definition) is 8. The molecule has 0 aliphatic heterocycles. The summed E-state index contributed by atoms with van der Waals surface area (Å²) in [5.74, 6) is -6.34. The van der Waals surface area contributed by atoms with Crippen LogP contribution in [0.4, 0.5) is 0 Å². The number of ether oxygens (including phenoxy) is 4. The van der Waals surface area contributed by atoms with Gasteiger partial charge in [0.15, 0.2) is 11.5 Å². The van der Waals surface area contributed by atoms with E-state index < -0.39 is 46.5 Å². The van der Waals surface area contributed by atoms with Gasteiger partial charge in [0, 0.05) is 0 Å². The van der Waals surface area contributed by atoms with Gasteiger partial charge in [0.2, 0.25) is 0 Å². The molecule has 8 nitrogen and oxygen atoms in total. The first-order valence-electron chi connectivity index (χ1n) is 14.8. The zero-order chi connectivity index (χ0) is 33.8. The summed E-state index contributed by atoms with van der Waals surface area (Å²) >= 11 is 37.4. The molecule has 2 aliphatic carbocycles. The minimum atomic E-state index is -1.64. The van der Waals surface area contributed by atoms with Crippen LogP contribution in [0.15, 0.2) is 12.1 Å². The fourth-order valence-corrected chi connectivity index (χ4v) is 7.31. The fourth-order valence-electron chi connectivity index (χ4n) is 5.87. The molecule has 250 valence electrons. The topological polar surface area (TPSA) is 105 Å². The highest BCUT2D eigenvalue weighted by molar-refractivity contribution is 6.47. The Bertz CT molecular complexity index is 1420. The van der Waals surface area contributed by atoms with E-state index in [-0.39, 0.29) is 54.2 Å². The van der Waals surface area contributed by atoms with Gasteiger partial charge in [-0.2, -0.15) is 0 Å². The van der Waals surface area contributed by atoms with Gasteiger partial charge in [-0.05, 0) is 61.5 Å². The van der Waals surface area contributed by atoms with Crippen LogP contribution in [0, 0.1) is 10.8 Å². The molecule has 0 bridgehead atoms. The Balaban J connectivity index is 1.51. The minimum absolute atomic E-state index is 0.0420. The molecule has 0 amide bonds. The molecule has 14 heteroatoms. The van der Waals surface area contributed by atoms with E-state index in [0.717, 1.165) is 63.5 Å². The molecule has 2 saturated carbocycles. The average Bonchev–Trinajstić information content (AvgIpc) is 3.62. The smallest absolute Gasteiger partial charge is 0.423 e. The molecule has 2 aliphatic rings. The summed E-state index contributed by atoms with van der Waals surface area (Å²) in [6, 6.07) is 2.26. The van der Waals surface area contributed by atoms with Crippen molar-refractivity contribution in [1.29, 1.82) is 0 Å². The van der Waals surface area contributed by atoms with Crippen molar-refractivity contribution < 1.29 is 38.1 Å². The van der Waals surface area contributed by atoms with E-state index in [1.54, 1.807) is 0 Å². The molecule has 0 radical (unpaired) electrons. The molecule has 0 saturated heterocycles. The van der Waals surface area contributed by atoms with Gasteiger partial charge in [-0.3, -0.25) is 0 Å². The second-order valence-electron chi connectivity index (χ2n) is 12.3. The largest absolute Gasteiger partial charge is 0.462 e. The van der Waals surface area contributed by atoms with Gasteiger partial charge < -0.3 is 18.9 Å². The van der Waals surface area contributed by atoms with Gasteiger partial charge in [-0.15, -0.1) is 0 Å². The maximum absolute atomic E-state index is 13.1. The number of carbonyl (C=O) groups is 4. The number of benzene rings is 2. The summed E-state index contributed by atoms with van der Waals surface area (Å²) in [5, 5.41) is -1.45. The first-order valence-corrected chi connectivity index (χ1v) is 17.0. The second-order valence-corrected chi connectivity index (χ2v) is 14.7. The normalized spacial score (nSPS) is 16.6. The summed E-state index contributed by atoms with van der Waals surface area (Å²) in [7, 11) is 0. The zero-order valence-electron chi connectivity index (χ0n) is 25.2. The maximum atomic E-state index is 13.1. The quantitative estimate of drug-likeness (QED) is 0.102. The highest BCUT2D eigenvalue weighted by Gasteiger charge is 2.34. The van der Waals surface area contributed by atoms with Gasteiger partial charge in [0.05, 0.1) is 43.3 Å². The van der Waals surface area contributed by atoms with Crippen LogP contribution in [-0.2, 0) is 19.1 Å². The van der Waals surface area contributed by atoms with E-state index in [1.165, 1.54) is 0 Å². The van der Waals surface area contributed by atoms with E-state index >= 15 is 0 Å².